The molecule has 49 heteroatoms. The lowest BCUT2D eigenvalue weighted by Crippen LogP contribution is -2.42. The van der Waals surface area contributed by atoms with E-state index in [9.17, 15) is 103 Å². The zero-order chi connectivity index (χ0) is 107. The second-order valence-corrected chi connectivity index (χ2v) is 55.2. The van der Waals surface area contributed by atoms with Crippen LogP contribution in [0.25, 0.3) is 10.8 Å². The molecule has 758 valence electrons. The number of rotatable bonds is 19. The molecular weight excluding hydrogens is 4250 g/mol. The van der Waals surface area contributed by atoms with E-state index in [-0.39, 0.29) is 63.8 Å². The zero-order valence-corrected chi connectivity index (χ0v) is 117. The number of carbonyl (C=O) groups is 14. The van der Waals surface area contributed by atoms with Crippen molar-refractivity contribution in [2.24, 2.45) is 47.3 Å². The summed E-state index contributed by atoms with van der Waals surface area (Å²) in [4.78, 5) is 160. The van der Waals surface area contributed by atoms with Crippen molar-refractivity contribution in [3.63, 3.8) is 0 Å². The van der Waals surface area contributed by atoms with Crippen molar-refractivity contribution in [2.45, 2.75) is 70.6 Å². The molecule has 144 heavy (non-hydrogen) atoms. The van der Waals surface area contributed by atoms with Gasteiger partial charge in [-0.3, -0.25) is 14.4 Å². The largest absolute Gasteiger partial charge is 0.550 e. The molecule has 0 aliphatic heterocycles. The number of fused-ring (bicyclic) bond motifs is 3. The first-order valence-corrected chi connectivity index (χ1v) is 63.2. The number of benzene rings is 10. The van der Waals surface area contributed by atoms with Gasteiger partial charge < -0.3 is 102 Å². The van der Waals surface area contributed by atoms with E-state index in [0.29, 0.717) is 108 Å². The second kappa shape index (κ2) is 62.7. The number of carbonyl (C=O) groups excluding carboxylic acids is 14. The lowest BCUT2D eigenvalue weighted by Gasteiger charge is -2.30. The molecule has 0 heterocycles. The lowest BCUT2D eigenvalue weighted by atomic mass is 9.79. The Hall–Kier alpha value is -0.330. The highest BCUT2D eigenvalue weighted by Crippen LogP contribution is 2.53. The van der Waals surface area contributed by atoms with Gasteiger partial charge in [0, 0.05) is 83.2 Å². The Morgan fingerprint density at radius 3 is 0.931 bits per heavy atom. The molecule has 2 bridgehead atoms. The van der Waals surface area contributed by atoms with Crippen molar-refractivity contribution in [3.8, 4) is 52.1 Å². The maximum absolute atomic E-state index is 12.7. The number of hydrogen-bond acceptors (Lipinski definition) is 28. The second-order valence-electron chi connectivity index (χ2n) is 30.2. The van der Waals surface area contributed by atoms with Crippen molar-refractivity contribution in [1.29, 1.82) is 0 Å². The predicted molar refractivity (Wildman–Crippen MR) is 690 cm³/mol. The maximum Gasteiger partial charge on any atom is 0.390 e. The van der Waals surface area contributed by atoms with E-state index < -0.39 is 89.4 Å². The van der Waals surface area contributed by atoms with Crippen molar-refractivity contribution in [1.82, 2.24) is 0 Å². The van der Waals surface area contributed by atoms with Gasteiger partial charge in [-0.1, -0.05) is 61.4 Å². The number of halogens is 21. The first-order chi connectivity index (χ1) is 67.7. The van der Waals surface area contributed by atoms with Crippen LogP contribution in [-0.2, 0) is 47.9 Å². The van der Waals surface area contributed by atoms with Crippen molar-refractivity contribution < 1.29 is 136 Å². The summed E-state index contributed by atoms with van der Waals surface area (Å²) in [5.74, 6) is -8.33. The number of hydrogen-bond donors (Lipinski definition) is 0. The number of aromatic carboxylic acids is 2. The van der Waals surface area contributed by atoms with Gasteiger partial charge in [0.05, 0.1) is 96.8 Å². The monoisotopic (exact) mass is 4310 g/mol. The normalized spacial score (nSPS) is 16.6. The van der Waals surface area contributed by atoms with Crippen LogP contribution >= 0.6 is 474 Å². The average Bonchev–Trinajstić information content (AvgIpc) is 1.69. The summed E-state index contributed by atoms with van der Waals surface area (Å²) >= 11 is 44.7. The summed E-state index contributed by atoms with van der Waals surface area (Å²) in [5.41, 5.74) is -0.0415. The Labute approximate surface area is 1110 Å². The minimum Gasteiger partial charge on any atom is -0.550 e. The highest BCUT2D eigenvalue weighted by atomic mass is 127. The smallest absolute Gasteiger partial charge is 0.390 e. The molecule has 4 fully saturated rings. The fourth-order valence-electron chi connectivity index (χ4n) is 14.3. The number of esters is 7. The van der Waals surface area contributed by atoms with Gasteiger partial charge in [-0.05, 0) is 664 Å². The lowest BCUT2D eigenvalue weighted by molar-refractivity contribution is -0.315. The SMILES string of the molecule is O=C([O-])/C=C/C(=O)Oc1c(I)cc(I)cc1I.O=C([O-])C#CC(=O)Oc1c(I)cc(I)cc1I.O=C([O-])C1CC2CC1CC2C(=O)Oc1c(I)cc(I)cc1I.O=C([O-])C1CCC(C(=O)Oc2c(I)cc(I)cc2I)CC1.O=C([O-])C1CCCCC1C(=O)Oc1c(I)cc(I)cc1I.O=C([O-])c1cccc2cccc(C(=O)Oc3c(I)cc(I)cc3I)c12.O=C([O-])c1ccccc1C(=O)Oc1c(I)cc(I)cc1I. The highest BCUT2D eigenvalue weighted by Gasteiger charge is 2.50. The van der Waals surface area contributed by atoms with Gasteiger partial charge in [-0.2, -0.15) is 0 Å². The third-order valence-corrected chi connectivity index (χ3v) is 36.3. The summed E-state index contributed by atoms with van der Waals surface area (Å²) in [7, 11) is 0. The third kappa shape index (κ3) is 39.7. The number of carboxylic acids is 7. The molecule has 0 spiro atoms. The van der Waals surface area contributed by atoms with E-state index in [2.05, 4.69) is 384 Å². The zero-order valence-electron chi connectivity index (χ0n) is 71.8. The molecular formula is C95H56I21O28-7. The first kappa shape index (κ1) is 129. The Morgan fingerprint density at radius 1 is 0.278 bits per heavy atom. The minimum atomic E-state index is -1.62. The van der Waals surface area contributed by atoms with Crippen molar-refractivity contribution >= 4 is 569 Å². The van der Waals surface area contributed by atoms with Crippen molar-refractivity contribution in [2.75, 3.05) is 0 Å². The molecule has 10 aromatic carbocycles. The fourth-order valence-corrected chi connectivity index (χ4v) is 41.0. The quantitative estimate of drug-likeness (QED) is 0.0181. The molecule has 0 radical (unpaired) electrons. The Bertz CT molecular complexity index is 6610. The van der Waals surface area contributed by atoms with Gasteiger partial charge in [0.15, 0.2) is 40.2 Å². The molecule has 0 amide bonds. The standard InChI is InChI=1S/C18H9I3O4.C15H13I3O4.2C14H13I3O4.C14H7I3O4.C10H5I3O4.C10H3I3O4/c19-10-7-13(20)16(14(21)8-10)25-18(24)12-6-2-4-9-3-1-5-11(15(9)12)17(22)23;16-8-4-11(17)13(12(18)5-8)22-15(21)10-3-6-1-7(10)2-9(6)14(19)20;15-9-5-10(16)12(11(17)6-9)21-14(20)8-3-1-7(2-4-8)13(18)19;2*15-7-5-10(16)12(11(17)6-7)21-14(20)9-4-2-1-3-8(9)13(18)19;2*11-5-3-6(12)10(7(13)4-5)17-9(16)2-1-8(14)15/h1-8H,(H,22,23);4-7,9-10H,1-3H2,(H,19,20);5-8H,1-4H2,(H,18,19);5-6,8-9H,1-4H2,(H,18,19);1-6H,(H,18,19);1-4H,(H,14,15);3-4H,(H,14,15)/p-7/b;;;;;2-1+;. The minimum absolute atomic E-state index is 0.0253. The van der Waals surface area contributed by atoms with E-state index in [0.717, 1.165) is 100 Å². The van der Waals surface area contributed by atoms with Crippen LogP contribution in [0.3, 0.4) is 0 Å². The van der Waals surface area contributed by atoms with Crippen LogP contribution in [0.5, 0.6) is 40.2 Å². The molecule has 14 rings (SSSR count). The number of aliphatic carboxylic acids is 5. The van der Waals surface area contributed by atoms with Crippen LogP contribution in [-0.4, -0.2) is 83.6 Å². The van der Waals surface area contributed by atoms with Crippen LogP contribution in [0.15, 0.2) is 158 Å². The molecule has 0 N–H and O–H groups in total. The van der Waals surface area contributed by atoms with Crippen LogP contribution in [0.4, 0.5) is 0 Å². The molecule has 6 unspecified atom stereocenters. The van der Waals surface area contributed by atoms with Crippen LogP contribution in [0, 0.1) is 134 Å². The Kier molecular flexibility index (Phi) is 56.1. The topological polar surface area (TPSA) is 465 Å². The van der Waals surface area contributed by atoms with Gasteiger partial charge in [0.25, 0.3) is 0 Å². The first-order valence-electron chi connectivity index (χ1n) is 40.6. The van der Waals surface area contributed by atoms with Crippen LogP contribution in [0.2, 0.25) is 0 Å². The van der Waals surface area contributed by atoms with E-state index in [1.165, 1.54) is 24.3 Å². The summed E-state index contributed by atoms with van der Waals surface area (Å²) in [6.07, 6.45) is 8.21. The van der Waals surface area contributed by atoms with E-state index in [1.54, 1.807) is 42.3 Å². The van der Waals surface area contributed by atoms with E-state index in [4.69, 9.17) is 33.2 Å². The number of ether oxygens (including phenoxy) is 7. The molecule has 4 aliphatic carbocycles. The maximum atomic E-state index is 12.7. The highest BCUT2D eigenvalue weighted by molar-refractivity contribution is 14.1. The van der Waals surface area contributed by atoms with E-state index >= 15 is 0 Å². The summed E-state index contributed by atoms with van der Waals surface area (Å²) in [6.45, 7) is 0. The van der Waals surface area contributed by atoms with Crippen LogP contribution in [0.1, 0.15) is 112 Å². The summed E-state index contributed by atoms with van der Waals surface area (Å²) in [5, 5.41) is 76.6. The summed E-state index contributed by atoms with van der Waals surface area (Å²) < 4.78 is 56.6. The van der Waals surface area contributed by atoms with Gasteiger partial charge in [-0.15, -0.1) is 0 Å². The molecule has 4 aliphatic rings. The number of carboxylic acid groups (broad SMARTS) is 7. The average molecular weight is 4310 g/mol. The molecule has 0 saturated heterocycles. The van der Waals surface area contributed by atoms with Gasteiger partial charge in [0.2, 0.25) is 0 Å². The van der Waals surface area contributed by atoms with Gasteiger partial charge >= 0.3 is 41.8 Å². The van der Waals surface area contributed by atoms with Gasteiger partial charge in [0.1, 0.15) is 5.97 Å². The molecule has 10 aromatic rings. The van der Waals surface area contributed by atoms with Crippen LogP contribution < -0.4 is 68.9 Å². The van der Waals surface area contributed by atoms with Crippen molar-refractivity contribution in [3.05, 3.63) is 255 Å². The molecule has 28 nitrogen and oxygen atoms in total. The molecule has 4 saturated carbocycles. The Balaban J connectivity index is 0.000000206. The third-order valence-electron chi connectivity index (χ3n) is 20.7. The molecule has 0 aromatic heterocycles. The van der Waals surface area contributed by atoms with Gasteiger partial charge in [-0.25, -0.2) is 19.2 Å². The molecule has 6 atom stereocenters. The van der Waals surface area contributed by atoms with E-state index in [1.807, 2.05) is 181 Å². The Morgan fingerprint density at radius 2 is 0.583 bits per heavy atom. The summed E-state index contributed by atoms with van der Waals surface area (Å²) in [6, 6.07) is 42.2. The predicted octanol–water partition coefficient (Wildman–Crippen LogP) is 18.9. The fraction of sp³-hybridized carbons (Fsp3) is 0.200.